The first-order valence-electron chi connectivity index (χ1n) is 7.70. The van der Waals surface area contributed by atoms with Crippen LogP contribution in [0.2, 0.25) is 5.15 Å². The van der Waals surface area contributed by atoms with Crippen LogP contribution in [0.25, 0.3) is 0 Å². The maximum absolute atomic E-state index is 12.9. The quantitative estimate of drug-likeness (QED) is 0.704. The van der Waals surface area contributed by atoms with Gasteiger partial charge in [0, 0.05) is 12.7 Å². The monoisotopic (exact) mass is 385 g/mol. The summed E-state index contributed by atoms with van der Waals surface area (Å²) in [6.45, 7) is 4.00. The van der Waals surface area contributed by atoms with Crippen molar-refractivity contribution in [2.45, 2.75) is 25.3 Å². The zero-order valence-electron chi connectivity index (χ0n) is 14.0. The average Bonchev–Trinajstić information content (AvgIpc) is 3.06. The number of sulfonamides is 1. The molecule has 1 N–H and O–H groups in total. The van der Waals surface area contributed by atoms with E-state index in [1.54, 1.807) is 12.1 Å². The first kappa shape index (κ1) is 19.4. The van der Waals surface area contributed by atoms with E-state index in [1.165, 1.54) is 24.6 Å². The number of pyridine rings is 1. The molecule has 2 aromatic heterocycles. The Kier molecular flexibility index (Phi) is 6.57. The van der Waals surface area contributed by atoms with Crippen LogP contribution in [-0.2, 0) is 21.4 Å². The van der Waals surface area contributed by atoms with E-state index in [9.17, 15) is 13.2 Å². The van der Waals surface area contributed by atoms with Crippen molar-refractivity contribution in [2.24, 2.45) is 5.92 Å². The molecule has 0 saturated heterocycles. The number of carbonyl (C=O) groups is 1. The van der Waals surface area contributed by atoms with E-state index in [-0.39, 0.29) is 35.0 Å². The van der Waals surface area contributed by atoms with E-state index in [1.807, 2.05) is 13.8 Å². The third kappa shape index (κ3) is 5.55. The lowest BCUT2D eigenvalue weighted by Crippen LogP contribution is -2.41. The van der Waals surface area contributed by atoms with E-state index in [0.29, 0.717) is 12.3 Å². The number of carbonyl (C=O) groups excluding carboxylic acids is 1. The predicted molar refractivity (Wildman–Crippen MR) is 93.4 cm³/mol. The predicted octanol–water partition coefficient (Wildman–Crippen LogP) is 2.29. The number of nitrogens with zero attached hydrogens (tertiary/aromatic N) is 2. The number of furan rings is 1. The SMILES string of the molecule is CC(C)CNC(=O)CN(Cc1ccco1)S(=O)(=O)c1ccc(Cl)nc1. The van der Waals surface area contributed by atoms with Gasteiger partial charge in [-0.1, -0.05) is 25.4 Å². The summed E-state index contributed by atoms with van der Waals surface area (Å²) in [4.78, 5) is 15.9. The van der Waals surface area contributed by atoms with Crippen molar-refractivity contribution in [1.29, 1.82) is 0 Å². The highest BCUT2D eigenvalue weighted by Crippen LogP contribution is 2.19. The molecule has 2 rings (SSSR count). The second kappa shape index (κ2) is 8.46. The van der Waals surface area contributed by atoms with Crippen molar-refractivity contribution in [2.75, 3.05) is 13.1 Å². The van der Waals surface area contributed by atoms with Crippen LogP contribution in [0.3, 0.4) is 0 Å². The molecule has 0 aromatic carbocycles. The Morgan fingerprint density at radius 3 is 2.68 bits per heavy atom. The fraction of sp³-hybridized carbons (Fsp3) is 0.375. The van der Waals surface area contributed by atoms with Crippen molar-refractivity contribution < 1.29 is 17.6 Å². The van der Waals surface area contributed by atoms with Gasteiger partial charge in [0.15, 0.2) is 0 Å². The molecule has 9 heteroatoms. The molecular weight excluding hydrogens is 366 g/mol. The van der Waals surface area contributed by atoms with Crippen LogP contribution < -0.4 is 5.32 Å². The standard InChI is InChI=1S/C16H20ClN3O4S/c1-12(2)8-19-16(21)11-20(10-13-4-3-7-24-13)25(22,23)14-5-6-15(17)18-9-14/h3-7,9,12H,8,10-11H2,1-2H3,(H,19,21). The molecule has 0 radical (unpaired) electrons. The van der Waals surface area contributed by atoms with Gasteiger partial charge in [-0.25, -0.2) is 13.4 Å². The van der Waals surface area contributed by atoms with Gasteiger partial charge in [0.1, 0.15) is 15.8 Å². The maximum atomic E-state index is 12.9. The van der Waals surface area contributed by atoms with Crippen LogP contribution in [-0.4, -0.2) is 36.7 Å². The molecule has 0 saturated carbocycles. The fourth-order valence-electron chi connectivity index (χ4n) is 2.00. The molecule has 1 amide bonds. The summed E-state index contributed by atoms with van der Waals surface area (Å²) < 4.78 is 32.0. The third-order valence-electron chi connectivity index (χ3n) is 3.28. The van der Waals surface area contributed by atoms with E-state index in [2.05, 4.69) is 10.3 Å². The zero-order valence-corrected chi connectivity index (χ0v) is 15.5. The lowest BCUT2D eigenvalue weighted by molar-refractivity contribution is -0.121. The van der Waals surface area contributed by atoms with Crippen molar-refractivity contribution >= 4 is 27.5 Å². The lowest BCUT2D eigenvalue weighted by atomic mass is 10.2. The second-order valence-corrected chi connectivity index (χ2v) is 8.19. The number of nitrogens with one attached hydrogen (secondary N) is 1. The number of hydrogen-bond acceptors (Lipinski definition) is 5. The second-order valence-electron chi connectivity index (χ2n) is 5.87. The van der Waals surface area contributed by atoms with Crippen molar-refractivity contribution in [3.05, 3.63) is 47.6 Å². The molecule has 2 heterocycles. The van der Waals surface area contributed by atoms with Gasteiger partial charge in [0.25, 0.3) is 0 Å². The Bertz CT molecular complexity index is 789. The van der Waals surface area contributed by atoms with Crippen LogP contribution in [0.1, 0.15) is 19.6 Å². The Hall–Kier alpha value is -1.90. The van der Waals surface area contributed by atoms with Crippen LogP contribution in [0.15, 0.2) is 46.0 Å². The Morgan fingerprint density at radius 1 is 1.36 bits per heavy atom. The first-order valence-corrected chi connectivity index (χ1v) is 9.51. The molecule has 0 bridgehead atoms. The number of hydrogen-bond donors (Lipinski definition) is 1. The van der Waals surface area contributed by atoms with Crippen LogP contribution in [0, 0.1) is 5.92 Å². The molecule has 2 aromatic rings. The Morgan fingerprint density at radius 2 is 2.12 bits per heavy atom. The summed E-state index contributed by atoms with van der Waals surface area (Å²) in [5.41, 5.74) is 0. The van der Waals surface area contributed by atoms with E-state index in [4.69, 9.17) is 16.0 Å². The highest BCUT2D eigenvalue weighted by Gasteiger charge is 2.28. The summed E-state index contributed by atoms with van der Waals surface area (Å²) in [6.07, 6.45) is 2.61. The smallest absolute Gasteiger partial charge is 0.245 e. The van der Waals surface area contributed by atoms with Gasteiger partial charge < -0.3 is 9.73 Å². The number of rotatable bonds is 8. The van der Waals surface area contributed by atoms with Gasteiger partial charge >= 0.3 is 0 Å². The van der Waals surface area contributed by atoms with Gasteiger partial charge in [-0.15, -0.1) is 0 Å². The van der Waals surface area contributed by atoms with Gasteiger partial charge in [-0.3, -0.25) is 4.79 Å². The Balaban J connectivity index is 2.23. The van der Waals surface area contributed by atoms with Gasteiger partial charge in [-0.2, -0.15) is 4.31 Å². The summed E-state index contributed by atoms with van der Waals surface area (Å²) >= 11 is 5.71. The molecule has 0 unspecified atom stereocenters. The molecule has 0 aliphatic heterocycles. The molecular formula is C16H20ClN3O4S. The topological polar surface area (TPSA) is 92.5 Å². The number of amides is 1. The summed E-state index contributed by atoms with van der Waals surface area (Å²) in [5, 5.41) is 2.90. The van der Waals surface area contributed by atoms with Crippen molar-refractivity contribution in [3.63, 3.8) is 0 Å². The summed E-state index contributed by atoms with van der Waals surface area (Å²) in [7, 11) is -3.94. The third-order valence-corrected chi connectivity index (χ3v) is 5.28. The minimum Gasteiger partial charge on any atom is -0.468 e. The lowest BCUT2D eigenvalue weighted by Gasteiger charge is -2.21. The zero-order chi connectivity index (χ0) is 18.4. The van der Waals surface area contributed by atoms with E-state index < -0.39 is 10.0 Å². The van der Waals surface area contributed by atoms with Gasteiger partial charge in [-0.05, 0) is 30.2 Å². The fourth-order valence-corrected chi connectivity index (χ4v) is 3.42. The van der Waals surface area contributed by atoms with Crippen LogP contribution in [0.4, 0.5) is 0 Å². The van der Waals surface area contributed by atoms with Crippen molar-refractivity contribution in [3.8, 4) is 0 Å². The normalized spacial score (nSPS) is 11.9. The largest absolute Gasteiger partial charge is 0.468 e. The Labute approximate surface area is 152 Å². The summed E-state index contributed by atoms with van der Waals surface area (Å²) in [5.74, 6) is 0.312. The number of halogens is 1. The minimum absolute atomic E-state index is 0.0416. The van der Waals surface area contributed by atoms with Gasteiger partial charge in [0.05, 0.1) is 19.4 Å². The highest BCUT2D eigenvalue weighted by atomic mass is 35.5. The highest BCUT2D eigenvalue weighted by molar-refractivity contribution is 7.89. The van der Waals surface area contributed by atoms with Crippen molar-refractivity contribution in [1.82, 2.24) is 14.6 Å². The average molecular weight is 386 g/mol. The molecule has 0 atom stereocenters. The first-order chi connectivity index (χ1) is 11.8. The van der Waals surface area contributed by atoms with E-state index >= 15 is 0 Å². The summed E-state index contributed by atoms with van der Waals surface area (Å²) in [6, 6.07) is 6.04. The van der Waals surface area contributed by atoms with Crippen LogP contribution >= 0.6 is 11.6 Å². The molecule has 0 aliphatic carbocycles. The van der Waals surface area contributed by atoms with E-state index in [0.717, 1.165) is 4.31 Å². The number of aromatic nitrogens is 1. The molecule has 25 heavy (non-hydrogen) atoms. The molecule has 7 nitrogen and oxygen atoms in total. The molecule has 0 spiro atoms. The van der Waals surface area contributed by atoms with Crippen LogP contribution in [0.5, 0.6) is 0 Å². The molecule has 136 valence electrons. The maximum Gasteiger partial charge on any atom is 0.245 e. The minimum atomic E-state index is -3.94. The molecule has 0 aliphatic rings. The van der Waals surface area contributed by atoms with Gasteiger partial charge in [0.2, 0.25) is 15.9 Å². The molecule has 0 fully saturated rings.